The van der Waals surface area contributed by atoms with Gasteiger partial charge in [-0.05, 0) is 29.0 Å². The number of amides is 2. The maximum absolute atomic E-state index is 12.4. The van der Waals surface area contributed by atoms with E-state index in [1.807, 2.05) is 4.90 Å². The third-order valence-corrected chi connectivity index (χ3v) is 4.99. The second-order valence-electron chi connectivity index (χ2n) is 5.93. The van der Waals surface area contributed by atoms with Crippen LogP contribution in [0.4, 0.5) is 9.93 Å². The summed E-state index contributed by atoms with van der Waals surface area (Å²) in [5.74, 6) is 0.508. The number of fused-ring (bicyclic) bond motifs is 1. The van der Waals surface area contributed by atoms with Gasteiger partial charge in [0, 0.05) is 13.1 Å². The Bertz CT molecular complexity index is 712. The van der Waals surface area contributed by atoms with Crippen LogP contribution >= 0.6 is 11.3 Å². The number of hydrogen-bond donors (Lipinski definition) is 1. The lowest BCUT2D eigenvalue weighted by molar-refractivity contribution is 0.206. The Morgan fingerprint density at radius 3 is 2.96 bits per heavy atom. The highest BCUT2D eigenvalue weighted by molar-refractivity contribution is 7.17. The molecule has 23 heavy (non-hydrogen) atoms. The minimum Gasteiger partial charge on any atom is -0.486 e. The molecule has 1 aromatic heterocycles. The van der Waals surface area contributed by atoms with E-state index in [9.17, 15) is 4.79 Å². The fourth-order valence-corrected chi connectivity index (χ4v) is 3.56. The summed E-state index contributed by atoms with van der Waals surface area (Å²) in [5.41, 5.74) is 4.05. The molecule has 0 saturated heterocycles. The summed E-state index contributed by atoms with van der Waals surface area (Å²) in [4.78, 5) is 18.4. The standard InChI is InChI=1S/C17H21N3O2S/c1-11(2)13-6-4-5-12-10-20(8-7-14(12)13)17(21)19-16-18-9-15(22-3)23-16/h4-6,9,11H,7-8,10H2,1-3H3,(H,18,19,21). The lowest BCUT2D eigenvalue weighted by atomic mass is 9.89. The normalized spacial score (nSPS) is 13.8. The van der Waals surface area contributed by atoms with Crippen LogP contribution in [-0.4, -0.2) is 29.6 Å². The molecule has 1 aliphatic heterocycles. The van der Waals surface area contributed by atoms with Crippen molar-refractivity contribution in [2.75, 3.05) is 19.0 Å². The molecule has 0 atom stereocenters. The van der Waals surface area contributed by atoms with Gasteiger partial charge in [0.1, 0.15) is 0 Å². The number of ether oxygens (including phenoxy) is 1. The Balaban J connectivity index is 1.71. The van der Waals surface area contributed by atoms with Gasteiger partial charge in [0.2, 0.25) is 0 Å². The molecule has 0 spiro atoms. The van der Waals surface area contributed by atoms with Crippen LogP contribution in [0.1, 0.15) is 36.5 Å². The van der Waals surface area contributed by atoms with E-state index < -0.39 is 0 Å². The molecule has 2 heterocycles. The van der Waals surface area contributed by atoms with Crippen molar-refractivity contribution in [3.63, 3.8) is 0 Å². The third kappa shape index (κ3) is 3.32. The first-order chi connectivity index (χ1) is 11.1. The van der Waals surface area contributed by atoms with Crippen molar-refractivity contribution in [2.45, 2.75) is 32.7 Å². The molecule has 5 nitrogen and oxygen atoms in total. The van der Waals surface area contributed by atoms with Crippen molar-refractivity contribution in [1.82, 2.24) is 9.88 Å². The number of benzene rings is 1. The minimum atomic E-state index is -0.109. The summed E-state index contributed by atoms with van der Waals surface area (Å²) < 4.78 is 5.10. The number of thiazole rings is 1. The van der Waals surface area contributed by atoms with Crippen LogP contribution in [0.15, 0.2) is 24.4 Å². The number of urea groups is 1. The van der Waals surface area contributed by atoms with E-state index in [0.717, 1.165) is 13.0 Å². The average Bonchev–Trinajstić information content (AvgIpc) is 3.01. The van der Waals surface area contributed by atoms with Gasteiger partial charge in [0.05, 0.1) is 13.3 Å². The zero-order chi connectivity index (χ0) is 16.4. The Morgan fingerprint density at radius 2 is 2.26 bits per heavy atom. The quantitative estimate of drug-likeness (QED) is 0.929. The molecule has 0 saturated carbocycles. The predicted molar refractivity (Wildman–Crippen MR) is 92.3 cm³/mol. The summed E-state index contributed by atoms with van der Waals surface area (Å²) in [6.45, 7) is 5.80. The zero-order valence-corrected chi connectivity index (χ0v) is 14.4. The van der Waals surface area contributed by atoms with Crippen molar-refractivity contribution in [1.29, 1.82) is 0 Å². The SMILES string of the molecule is COc1cnc(NC(=O)N2CCc3c(cccc3C(C)C)C2)s1. The van der Waals surface area contributed by atoms with E-state index in [1.165, 1.54) is 28.0 Å². The van der Waals surface area contributed by atoms with Gasteiger partial charge in [0.15, 0.2) is 10.2 Å². The van der Waals surface area contributed by atoms with Gasteiger partial charge in [-0.15, -0.1) is 0 Å². The van der Waals surface area contributed by atoms with Gasteiger partial charge in [-0.2, -0.15) is 0 Å². The number of hydrogen-bond acceptors (Lipinski definition) is 4. The second kappa shape index (κ2) is 6.58. The molecule has 6 heteroatoms. The van der Waals surface area contributed by atoms with Crippen LogP contribution in [-0.2, 0) is 13.0 Å². The lowest BCUT2D eigenvalue weighted by Gasteiger charge is -2.30. The van der Waals surface area contributed by atoms with Crippen LogP contribution in [0.3, 0.4) is 0 Å². The molecule has 0 fully saturated rings. The minimum absolute atomic E-state index is 0.109. The molecule has 2 amide bonds. The lowest BCUT2D eigenvalue weighted by Crippen LogP contribution is -2.39. The van der Waals surface area contributed by atoms with E-state index in [4.69, 9.17) is 4.74 Å². The summed E-state index contributed by atoms with van der Waals surface area (Å²) >= 11 is 1.33. The number of rotatable bonds is 3. The molecular weight excluding hydrogens is 310 g/mol. The van der Waals surface area contributed by atoms with E-state index >= 15 is 0 Å². The first kappa shape index (κ1) is 15.8. The molecule has 122 valence electrons. The van der Waals surface area contributed by atoms with Gasteiger partial charge in [-0.3, -0.25) is 5.32 Å². The van der Waals surface area contributed by atoms with Crippen molar-refractivity contribution >= 4 is 22.5 Å². The number of carbonyl (C=O) groups is 1. The number of nitrogens with zero attached hydrogens (tertiary/aromatic N) is 2. The van der Waals surface area contributed by atoms with E-state index in [-0.39, 0.29) is 6.03 Å². The van der Waals surface area contributed by atoms with E-state index in [0.29, 0.717) is 22.7 Å². The molecule has 0 radical (unpaired) electrons. The molecule has 0 aliphatic carbocycles. The smallest absolute Gasteiger partial charge is 0.323 e. The largest absolute Gasteiger partial charge is 0.486 e. The molecule has 1 aromatic carbocycles. The van der Waals surface area contributed by atoms with Gasteiger partial charge >= 0.3 is 6.03 Å². The monoisotopic (exact) mass is 331 g/mol. The summed E-state index contributed by atoms with van der Waals surface area (Å²) in [6, 6.07) is 6.29. The Morgan fingerprint density at radius 1 is 1.43 bits per heavy atom. The first-order valence-electron chi connectivity index (χ1n) is 7.75. The van der Waals surface area contributed by atoms with Crippen molar-refractivity contribution in [3.05, 3.63) is 41.1 Å². The molecule has 1 aliphatic rings. The third-order valence-electron chi connectivity index (χ3n) is 4.11. The Kier molecular flexibility index (Phi) is 4.52. The highest BCUT2D eigenvalue weighted by atomic mass is 32.1. The number of methoxy groups -OCH3 is 1. The van der Waals surface area contributed by atoms with Crippen LogP contribution in [0.5, 0.6) is 5.06 Å². The highest BCUT2D eigenvalue weighted by Gasteiger charge is 2.23. The topological polar surface area (TPSA) is 54.5 Å². The molecule has 2 aromatic rings. The van der Waals surface area contributed by atoms with Gasteiger partial charge < -0.3 is 9.64 Å². The first-order valence-corrected chi connectivity index (χ1v) is 8.56. The number of aromatic nitrogens is 1. The predicted octanol–water partition coefficient (Wildman–Crippen LogP) is 3.87. The van der Waals surface area contributed by atoms with Crippen molar-refractivity contribution in [3.8, 4) is 5.06 Å². The van der Waals surface area contributed by atoms with Crippen LogP contribution in [0.2, 0.25) is 0 Å². The Hall–Kier alpha value is -2.08. The fraction of sp³-hybridized carbons (Fsp3) is 0.412. The maximum Gasteiger partial charge on any atom is 0.323 e. The fourth-order valence-electron chi connectivity index (χ4n) is 2.94. The molecule has 3 rings (SSSR count). The molecule has 0 bridgehead atoms. The van der Waals surface area contributed by atoms with Crippen molar-refractivity contribution in [2.24, 2.45) is 0 Å². The van der Waals surface area contributed by atoms with Gasteiger partial charge in [-0.1, -0.05) is 43.4 Å². The van der Waals surface area contributed by atoms with Gasteiger partial charge in [0.25, 0.3) is 0 Å². The molecule has 0 unspecified atom stereocenters. The zero-order valence-electron chi connectivity index (χ0n) is 13.6. The molecule has 1 N–H and O–H groups in total. The molecular formula is C17H21N3O2S. The van der Waals surface area contributed by atoms with Crippen molar-refractivity contribution < 1.29 is 9.53 Å². The summed E-state index contributed by atoms with van der Waals surface area (Å²) in [7, 11) is 1.59. The second-order valence-corrected chi connectivity index (χ2v) is 6.92. The van der Waals surface area contributed by atoms with E-state index in [1.54, 1.807) is 13.3 Å². The number of carbonyl (C=O) groups excluding carboxylic acids is 1. The summed E-state index contributed by atoms with van der Waals surface area (Å²) in [5, 5.41) is 4.10. The Labute approximate surface area is 140 Å². The highest BCUT2D eigenvalue weighted by Crippen LogP contribution is 2.29. The maximum atomic E-state index is 12.4. The van der Waals surface area contributed by atoms with Crippen LogP contribution in [0.25, 0.3) is 0 Å². The number of anilines is 1. The van der Waals surface area contributed by atoms with E-state index in [2.05, 4.69) is 42.3 Å². The van der Waals surface area contributed by atoms with Crippen LogP contribution < -0.4 is 10.1 Å². The average molecular weight is 331 g/mol. The number of nitrogens with one attached hydrogen (secondary N) is 1. The summed E-state index contributed by atoms with van der Waals surface area (Å²) in [6.07, 6.45) is 2.51. The van der Waals surface area contributed by atoms with Gasteiger partial charge in [-0.25, -0.2) is 9.78 Å². The van der Waals surface area contributed by atoms with Crippen LogP contribution in [0, 0.1) is 0 Å².